The molecule has 2 N–H and O–H groups in total. The van der Waals surface area contributed by atoms with Crippen molar-refractivity contribution in [3.8, 4) is 0 Å². The van der Waals surface area contributed by atoms with Gasteiger partial charge >= 0.3 is 0 Å². The standard InChI is InChI=1S/C23H18Cl2N4O2S/c1-13-11-16(14(2)29(13)28-21(30)15-7-4-3-5-8-15)12-19-22(31)27-23(32-19)26-18-10-6-9-17(24)20(18)25/h3-12H,1-2H3,(H,28,30)(H,26,27,31)/b19-12-. The zero-order chi connectivity index (χ0) is 22.8. The maximum atomic E-state index is 12.5. The Labute approximate surface area is 199 Å². The Kier molecular flexibility index (Phi) is 6.41. The Morgan fingerprint density at radius 3 is 2.62 bits per heavy atom. The third kappa shape index (κ3) is 4.60. The third-order valence-electron chi connectivity index (χ3n) is 4.81. The average molecular weight is 485 g/mol. The molecular formula is C23H18Cl2N4O2S. The third-order valence-corrected chi connectivity index (χ3v) is 6.53. The number of halogens is 2. The fraction of sp³-hybridized carbons (Fsp3) is 0.0870. The van der Waals surface area contributed by atoms with Gasteiger partial charge in [-0.2, -0.15) is 0 Å². The summed E-state index contributed by atoms with van der Waals surface area (Å²) in [6.45, 7) is 3.76. The van der Waals surface area contributed by atoms with Gasteiger partial charge < -0.3 is 5.32 Å². The van der Waals surface area contributed by atoms with Gasteiger partial charge in [-0.05, 0) is 67.6 Å². The van der Waals surface area contributed by atoms with E-state index in [2.05, 4.69) is 15.7 Å². The van der Waals surface area contributed by atoms with Crippen molar-refractivity contribution in [1.82, 2.24) is 9.99 Å². The van der Waals surface area contributed by atoms with E-state index in [9.17, 15) is 9.59 Å². The first kappa shape index (κ1) is 22.2. The Morgan fingerprint density at radius 2 is 1.88 bits per heavy atom. The van der Waals surface area contributed by atoms with Crippen LogP contribution in [-0.4, -0.2) is 21.7 Å². The van der Waals surface area contributed by atoms with E-state index in [4.69, 9.17) is 23.2 Å². The Balaban J connectivity index is 1.57. The van der Waals surface area contributed by atoms with Gasteiger partial charge in [0.2, 0.25) is 0 Å². The molecule has 2 aromatic carbocycles. The summed E-state index contributed by atoms with van der Waals surface area (Å²) in [5.41, 5.74) is 6.38. The lowest BCUT2D eigenvalue weighted by Crippen LogP contribution is -2.24. The van der Waals surface area contributed by atoms with E-state index in [1.165, 1.54) is 11.8 Å². The first-order valence-electron chi connectivity index (χ1n) is 9.62. The number of hydrogen-bond donors (Lipinski definition) is 2. The number of benzene rings is 2. The predicted molar refractivity (Wildman–Crippen MR) is 131 cm³/mol. The summed E-state index contributed by atoms with van der Waals surface area (Å²) in [6, 6.07) is 16.0. The highest BCUT2D eigenvalue weighted by molar-refractivity contribution is 8.18. The van der Waals surface area contributed by atoms with Gasteiger partial charge in [-0.15, -0.1) is 0 Å². The molecule has 2 heterocycles. The van der Waals surface area contributed by atoms with Crippen molar-refractivity contribution in [2.75, 3.05) is 5.43 Å². The number of amidine groups is 1. The number of thioether (sulfide) groups is 1. The lowest BCUT2D eigenvalue weighted by molar-refractivity contribution is -0.115. The number of hydrogen-bond acceptors (Lipinski definition) is 4. The van der Waals surface area contributed by atoms with Crippen molar-refractivity contribution in [2.45, 2.75) is 13.8 Å². The number of nitrogens with zero attached hydrogens (tertiary/aromatic N) is 2. The molecule has 2 amide bonds. The summed E-state index contributed by atoms with van der Waals surface area (Å²) in [5.74, 6) is -0.475. The molecule has 0 spiro atoms. The molecule has 0 atom stereocenters. The number of aryl methyl sites for hydroxylation is 1. The Morgan fingerprint density at radius 1 is 1.12 bits per heavy atom. The minimum absolute atomic E-state index is 0.215. The smallest absolute Gasteiger partial charge is 0.270 e. The minimum Gasteiger partial charge on any atom is -0.300 e. The molecule has 1 fully saturated rings. The first-order valence-corrected chi connectivity index (χ1v) is 11.2. The number of amides is 2. The van der Waals surface area contributed by atoms with Crippen LogP contribution in [0.5, 0.6) is 0 Å². The number of aromatic nitrogens is 1. The molecule has 1 aliphatic heterocycles. The fourth-order valence-electron chi connectivity index (χ4n) is 3.17. The molecular weight excluding hydrogens is 467 g/mol. The van der Waals surface area contributed by atoms with Gasteiger partial charge in [-0.3, -0.25) is 19.7 Å². The van der Waals surface area contributed by atoms with Crippen molar-refractivity contribution >= 4 is 63.7 Å². The summed E-state index contributed by atoms with van der Waals surface area (Å²) in [4.78, 5) is 29.9. The number of aliphatic imine (C=N–C) groups is 1. The maximum absolute atomic E-state index is 12.5. The largest absolute Gasteiger partial charge is 0.300 e. The normalized spacial score (nSPS) is 15.9. The van der Waals surface area contributed by atoms with Crippen LogP contribution in [-0.2, 0) is 4.79 Å². The van der Waals surface area contributed by atoms with Crippen LogP contribution in [0.1, 0.15) is 27.3 Å². The quantitative estimate of drug-likeness (QED) is 0.467. The van der Waals surface area contributed by atoms with E-state index in [0.29, 0.717) is 31.4 Å². The van der Waals surface area contributed by atoms with E-state index in [0.717, 1.165) is 17.0 Å². The zero-order valence-corrected chi connectivity index (χ0v) is 19.5. The van der Waals surface area contributed by atoms with E-state index in [-0.39, 0.29) is 11.8 Å². The molecule has 0 unspecified atom stereocenters. The molecule has 32 heavy (non-hydrogen) atoms. The monoisotopic (exact) mass is 484 g/mol. The van der Waals surface area contributed by atoms with Gasteiger partial charge in [0.15, 0.2) is 5.17 Å². The highest BCUT2D eigenvalue weighted by Crippen LogP contribution is 2.34. The Hall–Kier alpha value is -3.00. The van der Waals surface area contributed by atoms with Crippen molar-refractivity contribution in [1.29, 1.82) is 0 Å². The van der Waals surface area contributed by atoms with Crippen LogP contribution in [0, 0.1) is 13.8 Å². The molecule has 0 bridgehead atoms. The van der Waals surface area contributed by atoms with Gasteiger partial charge in [0.25, 0.3) is 11.8 Å². The van der Waals surface area contributed by atoms with Crippen molar-refractivity contribution in [3.05, 3.63) is 92.1 Å². The van der Waals surface area contributed by atoms with Gasteiger partial charge in [-0.25, -0.2) is 4.99 Å². The second-order valence-corrected chi connectivity index (χ2v) is 8.84. The van der Waals surface area contributed by atoms with Gasteiger partial charge in [-0.1, -0.05) is 47.5 Å². The number of carbonyl (C=O) groups excluding carboxylic acids is 2. The number of nitrogens with one attached hydrogen (secondary N) is 2. The van der Waals surface area contributed by atoms with E-state index in [1.807, 2.05) is 38.1 Å². The molecule has 1 aromatic heterocycles. The van der Waals surface area contributed by atoms with E-state index in [1.54, 1.807) is 41.1 Å². The van der Waals surface area contributed by atoms with Gasteiger partial charge in [0, 0.05) is 17.0 Å². The summed E-state index contributed by atoms with van der Waals surface area (Å²) >= 11 is 13.4. The molecule has 1 aliphatic rings. The van der Waals surface area contributed by atoms with Crippen LogP contribution in [0.3, 0.4) is 0 Å². The van der Waals surface area contributed by atoms with E-state index < -0.39 is 0 Å². The van der Waals surface area contributed by atoms with Crippen molar-refractivity contribution in [2.24, 2.45) is 4.99 Å². The minimum atomic E-state index is -0.259. The molecule has 0 saturated carbocycles. The summed E-state index contributed by atoms with van der Waals surface area (Å²) in [7, 11) is 0. The predicted octanol–water partition coefficient (Wildman–Crippen LogP) is 5.69. The second-order valence-electron chi connectivity index (χ2n) is 7.02. The summed E-state index contributed by atoms with van der Waals surface area (Å²) < 4.78 is 1.71. The highest BCUT2D eigenvalue weighted by Gasteiger charge is 2.25. The van der Waals surface area contributed by atoms with Crippen LogP contribution < -0.4 is 10.7 Å². The van der Waals surface area contributed by atoms with Gasteiger partial charge in [0.1, 0.15) is 0 Å². The molecule has 6 nitrogen and oxygen atoms in total. The van der Waals surface area contributed by atoms with Crippen LogP contribution >= 0.6 is 35.0 Å². The molecule has 3 aromatic rings. The summed E-state index contributed by atoms with van der Waals surface area (Å²) in [6.07, 6.45) is 1.77. The maximum Gasteiger partial charge on any atom is 0.270 e. The van der Waals surface area contributed by atoms with Crippen LogP contribution in [0.2, 0.25) is 10.0 Å². The molecule has 0 radical (unpaired) electrons. The molecule has 4 rings (SSSR count). The van der Waals surface area contributed by atoms with Crippen LogP contribution in [0.4, 0.5) is 5.69 Å². The van der Waals surface area contributed by atoms with Crippen LogP contribution in [0.25, 0.3) is 6.08 Å². The first-order chi connectivity index (χ1) is 15.3. The zero-order valence-electron chi connectivity index (χ0n) is 17.1. The average Bonchev–Trinajstić information content (AvgIpc) is 3.25. The second kappa shape index (κ2) is 9.24. The lowest BCUT2D eigenvalue weighted by Gasteiger charge is -2.11. The highest BCUT2D eigenvalue weighted by atomic mass is 35.5. The topological polar surface area (TPSA) is 75.5 Å². The van der Waals surface area contributed by atoms with Crippen molar-refractivity contribution < 1.29 is 9.59 Å². The molecule has 1 saturated heterocycles. The molecule has 0 aliphatic carbocycles. The molecule has 9 heteroatoms. The number of carbonyl (C=O) groups is 2. The van der Waals surface area contributed by atoms with Crippen LogP contribution in [0.15, 0.2) is 64.5 Å². The van der Waals surface area contributed by atoms with Gasteiger partial charge in [0.05, 0.1) is 20.6 Å². The lowest BCUT2D eigenvalue weighted by atomic mass is 10.2. The fourth-order valence-corrected chi connectivity index (χ4v) is 4.33. The summed E-state index contributed by atoms with van der Waals surface area (Å²) in [5, 5.41) is 3.87. The molecule has 162 valence electrons. The number of rotatable bonds is 4. The van der Waals surface area contributed by atoms with Crippen molar-refractivity contribution in [3.63, 3.8) is 0 Å². The van der Waals surface area contributed by atoms with E-state index >= 15 is 0 Å². The Bertz CT molecular complexity index is 1280. The SMILES string of the molecule is Cc1cc(/C=C2\SC(=Nc3cccc(Cl)c3Cl)NC2=O)c(C)n1NC(=O)c1ccccc1.